The van der Waals surface area contributed by atoms with Gasteiger partial charge in [0.05, 0.1) is 7.11 Å². The second kappa shape index (κ2) is 6.12. The first-order valence-corrected chi connectivity index (χ1v) is 6.27. The predicted molar refractivity (Wildman–Crippen MR) is 72.8 cm³/mol. The number of amides is 1. The molecular weight excluding hydrogens is 246 g/mol. The van der Waals surface area contributed by atoms with E-state index in [0.29, 0.717) is 5.56 Å². The van der Waals surface area contributed by atoms with Crippen molar-refractivity contribution >= 4 is 17.9 Å². The highest BCUT2D eigenvalue weighted by atomic mass is 32.2. The summed E-state index contributed by atoms with van der Waals surface area (Å²) < 4.78 is 7.86. The molecule has 0 radical (unpaired) electrons. The molecule has 2 aromatic rings. The monoisotopic (exact) mass is 259 g/mol. The molecule has 0 spiro atoms. The molecule has 0 saturated carbocycles. The molecule has 92 valence electrons. The molecule has 18 heavy (non-hydrogen) atoms. The van der Waals surface area contributed by atoms with Crippen molar-refractivity contribution < 1.29 is 9.53 Å². The lowest BCUT2D eigenvalue weighted by molar-refractivity contribution is 0.0984. The molecule has 0 fully saturated rings. The van der Waals surface area contributed by atoms with Gasteiger partial charge in [0.25, 0.3) is 5.91 Å². The smallest absolute Gasteiger partial charge is 0.261 e. The molecule has 2 aromatic carbocycles. The number of carbonyl (C=O) groups is 1. The minimum absolute atomic E-state index is 0.101. The third-order valence-corrected chi connectivity index (χ3v) is 3.15. The average molecular weight is 259 g/mol. The lowest BCUT2D eigenvalue weighted by Gasteiger charge is -2.05. The number of hydrogen-bond donors (Lipinski definition) is 1. The normalized spacial score (nSPS) is 9.83. The molecule has 0 aliphatic rings. The highest BCUT2D eigenvalue weighted by Crippen LogP contribution is 2.19. The Hall–Kier alpha value is -1.94. The topological polar surface area (TPSA) is 38.3 Å². The Labute approximate surface area is 110 Å². The van der Waals surface area contributed by atoms with E-state index >= 15 is 0 Å². The van der Waals surface area contributed by atoms with Gasteiger partial charge in [-0.3, -0.25) is 9.52 Å². The van der Waals surface area contributed by atoms with Crippen LogP contribution < -0.4 is 9.46 Å². The molecule has 0 aliphatic heterocycles. The largest absolute Gasteiger partial charge is 0.497 e. The fraction of sp³-hybridized carbons (Fsp3) is 0.0714. The summed E-state index contributed by atoms with van der Waals surface area (Å²) in [4.78, 5) is 12.7. The highest BCUT2D eigenvalue weighted by molar-refractivity contribution is 7.98. The van der Waals surface area contributed by atoms with Gasteiger partial charge in [0.15, 0.2) is 0 Å². The van der Waals surface area contributed by atoms with Crippen molar-refractivity contribution in [2.75, 3.05) is 7.11 Å². The Morgan fingerprint density at radius 2 is 1.72 bits per heavy atom. The Bertz CT molecular complexity index is 511. The van der Waals surface area contributed by atoms with Crippen LogP contribution in [0.3, 0.4) is 0 Å². The summed E-state index contributed by atoms with van der Waals surface area (Å²) >= 11 is 1.29. The van der Waals surface area contributed by atoms with Crippen molar-refractivity contribution in [2.45, 2.75) is 4.90 Å². The van der Waals surface area contributed by atoms with Gasteiger partial charge in [-0.05, 0) is 48.3 Å². The van der Waals surface area contributed by atoms with E-state index in [9.17, 15) is 4.79 Å². The van der Waals surface area contributed by atoms with Crippen LogP contribution in [0, 0.1) is 0 Å². The maximum Gasteiger partial charge on any atom is 0.261 e. The Morgan fingerprint density at radius 1 is 1.06 bits per heavy atom. The van der Waals surface area contributed by atoms with Crippen molar-refractivity contribution in [3.8, 4) is 5.75 Å². The molecule has 0 bridgehead atoms. The van der Waals surface area contributed by atoms with Crippen LogP contribution in [0.2, 0.25) is 0 Å². The van der Waals surface area contributed by atoms with Crippen LogP contribution in [-0.4, -0.2) is 13.0 Å². The third-order valence-electron chi connectivity index (χ3n) is 2.36. The SMILES string of the molecule is COc1ccc(SNC(=O)c2ccccc2)cc1. The zero-order valence-electron chi connectivity index (χ0n) is 9.92. The van der Waals surface area contributed by atoms with E-state index in [0.717, 1.165) is 10.6 Å². The first kappa shape index (κ1) is 12.5. The van der Waals surface area contributed by atoms with Gasteiger partial charge < -0.3 is 4.74 Å². The van der Waals surface area contributed by atoms with E-state index in [4.69, 9.17) is 4.74 Å². The van der Waals surface area contributed by atoms with Crippen LogP contribution in [0.15, 0.2) is 59.5 Å². The lowest BCUT2D eigenvalue weighted by Crippen LogP contribution is -2.15. The molecule has 2 rings (SSSR count). The van der Waals surface area contributed by atoms with E-state index < -0.39 is 0 Å². The van der Waals surface area contributed by atoms with Crippen LogP contribution in [0.4, 0.5) is 0 Å². The van der Waals surface area contributed by atoms with Gasteiger partial charge in [0.1, 0.15) is 5.75 Å². The zero-order chi connectivity index (χ0) is 12.8. The molecule has 3 nitrogen and oxygen atoms in total. The molecule has 4 heteroatoms. The molecule has 0 saturated heterocycles. The third kappa shape index (κ3) is 3.28. The summed E-state index contributed by atoms with van der Waals surface area (Å²) in [5, 5.41) is 0. The number of carbonyl (C=O) groups excluding carboxylic acids is 1. The standard InChI is InChI=1S/C14H13NO2S/c1-17-12-7-9-13(10-8-12)18-15-14(16)11-5-3-2-4-6-11/h2-10H,1H3,(H,15,16). The number of rotatable bonds is 4. The number of nitrogens with one attached hydrogen (secondary N) is 1. The van der Waals surface area contributed by atoms with Crippen molar-refractivity contribution in [1.82, 2.24) is 4.72 Å². The van der Waals surface area contributed by atoms with Gasteiger partial charge in [0.2, 0.25) is 0 Å². The van der Waals surface area contributed by atoms with E-state index in [1.807, 2.05) is 42.5 Å². The summed E-state index contributed by atoms with van der Waals surface area (Å²) in [6, 6.07) is 16.6. The minimum atomic E-state index is -0.101. The van der Waals surface area contributed by atoms with E-state index in [1.54, 1.807) is 19.2 Å². The van der Waals surface area contributed by atoms with Crippen molar-refractivity contribution in [1.29, 1.82) is 0 Å². The van der Waals surface area contributed by atoms with Gasteiger partial charge in [-0.25, -0.2) is 0 Å². The van der Waals surface area contributed by atoms with Crippen LogP contribution >= 0.6 is 11.9 Å². The van der Waals surface area contributed by atoms with Gasteiger partial charge in [-0.1, -0.05) is 18.2 Å². The van der Waals surface area contributed by atoms with Crippen LogP contribution in [0.25, 0.3) is 0 Å². The molecular formula is C14H13NO2S. The van der Waals surface area contributed by atoms with E-state index in [1.165, 1.54) is 11.9 Å². The van der Waals surface area contributed by atoms with Crippen LogP contribution in [0.5, 0.6) is 5.75 Å². The zero-order valence-corrected chi connectivity index (χ0v) is 10.7. The predicted octanol–water partition coefficient (Wildman–Crippen LogP) is 3.13. The number of hydrogen-bond acceptors (Lipinski definition) is 3. The number of methoxy groups -OCH3 is 1. The first-order chi connectivity index (χ1) is 8.79. The van der Waals surface area contributed by atoms with Crippen LogP contribution in [-0.2, 0) is 0 Å². The Kier molecular flexibility index (Phi) is 4.25. The molecule has 0 aromatic heterocycles. The molecule has 1 amide bonds. The number of benzene rings is 2. The second-order valence-electron chi connectivity index (χ2n) is 3.57. The van der Waals surface area contributed by atoms with Gasteiger partial charge >= 0.3 is 0 Å². The Morgan fingerprint density at radius 3 is 2.33 bits per heavy atom. The Balaban J connectivity index is 1.93. The molecule has 0 unspecified atom stereocenters. The molecule has 0 atom stereocenters. The highest BCUT2D eigenvalue weighted by Gasteiger charge is 2.04. The summed E-state index contributed by atoms with van der Waals surface area (Å²) in [7, 11) is 1.62. The average Bonchev–Trinajstić information content (AvgIpc) is 2.46. The van der Waals surface area contributed by atoms with E-state index in [2.05, 4.69) is 4.72 Å². The van der Waals surface area contributed by atoms with Crippen molar-refractivity contribution in [3.63, 3.8) is 0 Å². The minimum Gasteiger partial charge on any atom is -0.497 e. The van der Waals surface area contributed by atoms with E-state index in [-0.39, 0.29) is 5.91 Å². The molecule has 1 N–H and O–H groups in total. The van der Waals surface area contributed by atoms with Crippen LogP contribution in [0.1, 0.15) is 10.4 Å². The summed E-state index contributed by atoms with van der Waals surface area (Å²) in [5.41, 5.74) is 0.651. The fourth-order valence-electron chi connectivity index (χ4n) is 1.40. The second-order valence-corrected chi connectivity index (χ2v) is 4.45. The van der Waals surface area contributed by atoms with Gasteiger partial charge in [0, 0.05) is 10.5 Å². The maximum atomic E-state index is 11.8. The van der Waals surface area contributed by atoms with Crippen molar-refractivity contribution in [2.24, 2.45) is 0 Å². The molecule has 0 aliphatic carbocycles. The summed E-state index contributed by atoms with van der Waals surface area (Å²) in [6.07, 6.45) is 0. The summed E-state index contributed by atoms with van der Waals surface area (Å²) in [5.74, 6) is 0.699. The number of ether oxygens (including phenoxy) is 1. The van der Waals surface area contributed by atoms with Gasteiger partial charge in [-0.2, -0.15) is 0 Å². The van der Waals surface area contributed by atoms with Gasteiger partial charge in [-0.15, -0.1) is 0 Å². The fourth-order valence-corrected chi connectivity index (χ4v) is 2.00. The molecule has 0 heterocycles. The quantitative estimate of drug-likeness (QED) is 0.857. The first-order valence-electron chi connectivity index (χ1n) is 5.46. The summed E-state index contributed by atoms with van der Waals surface area (Å²) in [6.45, 7) is 0. The van der Waals surface area contributed by atoms with Crippen molar-refractivity contribution in [3.05, 3.63) is 60.2 Å². The maximum absolute atomic E-state index is 11.8. The lowest BCUT2D eigenvalue weighted by atomic mass is 10.2.